The Morgan fingerprint density at radius 2 is 1.65 bits per heavy atom. The van der Waals surface area contributed by atoms with Gasteiger partial charge in [0.25, 0.3) is 0 Å². The number of rotatable bonds is 5. The maximum absolute atomic E-state index is 12.8. The van der Waals surface area contributed by atoms with Gasteiger partial charge in [-0.05, 0) is 36.8 Å². The third-order valence-corrected chi connectivity index (χ3v) is 3.40. The molecule has 0 unspecified atom stereocenters. The molecule has 1 N–H and O–H groups in total. The first-order chi connectivity index (χ1) is 10.9. The predicted molar refractivity (Wildman–Crippen MR) is 87.3 cm³/mol. The van der Waals surface area contributed by atoms with E-state index in [0.717, 1.165) is 11.1 Å². The number of carbonyl (C=O) groups is 2. The Morgan fingerprint density at radius 3 is 2.22 bits per heavy atom. The van der Waals surface area contributed by atoms with Crippen LogP contribution >= 0.6 is 0 Å². The van der Waals surface area contributed by atoms with Crippen LogP contribution in [0.25, 0.3) is 0 Å². The van der Waals surface area contributed by atoms with Crippen molar-refractivity contribution in [2.45, 2.75) is 20.4 Å². The molecule has 120 valence electrons. The van der Waals surface area contributed by atoms with Gasteiger partial charge in [0.2, 0.25) is 11.8 Å². The summed E-state index contributed by atoms with van der Waals surface area (Å²) in [6.45, 7) is 3.73. The van der Waals surface area contributed by atoms with Crippen LogP contribution in [-0.4, -0.2) is 23.3 Å². The van der Waals surface area contributed by atoms with Crippen LogP contribution < -0.4 is 5.32 Å². The van der Waals surface area contributed by atoms with Crippen molar-refractivity contribution in [3.8, 4) is 0 Å². The van der Waals surface area contributed by atoms with Gasteiger partial charge < -0.3 is 10.2 Å². The molecule has 0 atom stereocenters. The summed E-state index contributed by atoms with van der Waals surface area (Å²) in [6.07, 6.45) is 0. The Kier molecular flexibility index (Phi) is 5.46. The van der Waals surface area contributed by atoms with Crippen molar-refractivity contribution in [1.29, 1.82) is 0 Å². The van der Waals surface area contributed by atoms with Gasteiger partial charge in [-0.1, -0.05) is 29.8 Å². The van der Waals surface area contributed by atoms with E-state index in [-0.39, 0.29) is 24.2 Å². The lowest BCUT2D eigenvalue weighted by Crippen LogP contribution is -2.36. The van der Waals surface area contributed by atoms with E-state index in [1.807, 2.05) is 31.2 Å². The molecule has 4 nitrogen and oxygen atoms in total. The average Bonchev–Trinajstić information content (AvgIpc) is 2.51. The number of halogens is 1. The van der Waals surface area contributed by atoms with Gasteiger partial charge in [0.1, 0.15) is 12.4 Å². The minimum absolute atomic E-state index is 0.0550. The van der Waals surface area contributed by atoms with Crippen molar-refractivity contribution < 1.29 is 14.0 Å². The molecular weight excluding hydrogens is 295 g/mol. The molecule has 0 aliphatic rings. The van der Waals surface area contributed by atoms with Gasteiger partial charge in [-0.15, -0.1) is 0 Å². The van der Waals surface area contributed by atoms with Gasteiger partial charge in [0.05, 0.1) is 0 Å². The molecule has 0 aliphatic carbocycles. The van der Waals surface area contributed by atoms with E-state index in [1.165, 1.54) is 36.1 Å². The number of nitrogens with zero attached hydrogens (tertiary/aromatic N) is 1. The maximum Gasteiger partial charge on any atom is 0.244 e. The van der Waals surface area contributed by atoms with Crippen molar-refractivity contribution in [3.05, 3.63) is 65.5 Å². The average molecular weight is 314 g/mol. The summed E-state index contributed by atoms with van der Waals surface area (Å²) in [6, 6.07) is 13.3. The zero-order valence-corrected chi connectivity index (χ0v) is 13.2. The minimum atomic E-state index is -0.368. The highest BCUT2D eigenvalue weighted by atomic mass is 19.1. The van der Waals surface area contributed by atoms with Gasteiger partial charge in [-0.3, -0.25) is 9.59 Å². The quantitative estimate of drug-likeness (QED) is 0.922. The van der Waals surface area contributed by atoms with Gasteiger partial charge in [0, 0.05) is 19.2 Å². The van der Waals surface area contributed by atoms with E-state index in [9.17, 15) is 14.0 Å². The molecule has 0 saturated carbocycles. The molecular formula is C18H19FN2O2. The molecule has 0 heterocycles. The number of amides is 2. The van der Waals surface area contributed by atoms with E-state index in [0.29, 0.717) is 12.2 Å². The van der Waals surface area contributed by atoms with E-state index in [1.54, 1.807) is 0 Å². The standard InChI is InChI=1S/C18H19FN2O2/c1-13-3-5-15(6-4-13)11-21(14(2)22)12-18(23)20-17-9-7-16(19)8-10-17/h3-10H,11-12H2,1-2H3,(H,20,23). The van der Waals surface area contributed by atoms with Crippen LogP contribution in [0, 0.1) is 12.7 Å². The summed E-state index contributed by atoms with van der Waals surface area (Å²) in [5.41, 5.74) is 2.59. The smallest absolute Gasteiger partial charge is 0.244 e. The highest BCUT2D eigenvalue weighted by molar-refractivity contribution is 5.94. The molecule has 2 aromatic rings. The SMILES string of the molecule is CC(=O)N(CC(=O)Nc1ccc(F)cc1)Cc1ccc(C)cc1. The molecule has 0 aliphatic heterocycles. The first kappa shape index (κ1) is 16.7. The fraction of sp³-hybridized carbons (Fsp3) is 0.222. The lowest BCUT2D eigenvalue weighted by molar-refractivity contribution is -0.133. The van der Waals surface area contributed by atoms with Crippen LogP contribution in [0.4, 0.5) is 10.1 Å². The monoisotopic (exact) mass is 314 g/mol. The highest BCUT2D eigenvalue weighted by Gasteiger charge is 2.14. The van der Waals surface area contributed by atoms with Crippen LogP contribution in [0.1, 0.15) is 18.1 Å². The molecule has 0 aromatic heterocycles. The van der Waals surface area contributed by atoms with Crippen LogP contribution in [0.2, 0.25) is 0 Å². The summed E-state index contributed by atoms with van der Waals surface area (Å²) in [5.74, 6) is -0.869. The number of hydrogen-bond acceptors (Lipinski definition) is 2. The summed E-state index contributed by atoms with van der Waals surface area (Å²) in [5, 5.41) is 2.65. The summed E-state index contributed by atoms with van der Waals surface area (Å²) < 4.78 is 12.8. The fourth-order valence-corrected chi connectivity index (χ4v) is 2.10. The van der Waals surface area contributed by atoms with Crippen molar-refractivity contribution >= 4 is 17.5 Å². The Labute approximate surface area is 134 Å². The predicted octanol–water partition coefficient (Wildman–Crippen LogP) is 3.12. The second kappa shape index (κ2) is 7.54. The normalized spacial score (nSPS) is 10.2. The molecule has 2 rings (SSSR count). The largest absolute Gasteiger partial charge is 0.329 e. The van der Waals surface area contributed by atoms with Crippen LogP contribution in [0.5, 0.6) is 0 Å². The molecule has 0 fully saturated rings. The summed E-state index contributed by atoms with van der Waals surface area (Å²) >= 11 is 0. The Balaban J connectivity index is 1.98. The van der Waals surface area contributed by atoms with Crippen molar-refractivity contribution in [3.63, 3.8) is 0 Å². The number of hydrogen-bond donors (Lipinski definition) is 1. The van der Waals surface area contributed by atoms with Crippen LogP contribution in [0.15, 0.2) is 48.5 Å². The molecule has 0 spiro atoms. The Morgan fingerprint density at radius 1 is 1.04 bits per heavy atom. The lowest BCUT2D eigenvalue weighted by atomic mass is 10.1. The number of anilines is 1. The van der Waals surface area contributed by atoms with Crippen molar-refractivity contribution in [1.82, 2.24) is 4.90 Å². The summed E-state index contributed by atoms with van der Waals surface area (Å²) in [7, 11) is 0. The lowest BCUT2D eigenvalue weighted by Gasteiger charge is -2.20. The molecule has 0 saturated heterocycles. The second-order valence-electron chi connectivity index (χ2n) is 5.42. The summed E-state index contributed by atoms with van der Waals surface area (Å²) in [4.78, 5) is 25.3. The molecule has 23 heavy (non-hydrogen) atoms. The molecule has 0 bridgehead atoms. The van der Waals surface area contributed by atoms with Gasteiger partial charge in [0.15, 0.2) is 0 Å². The first-order valence-corrected chi connectivity index (χ1v) is 7.30. The number of aryl methyl sites for hydroxylation is 1. The molecule has 2 aromatic carbocycles. The first-order valence-electron chi connectivity index (χ1n) is 7.30. The highest BCUT2D eigenvalue weighted by Crippen LogP contribution is 2.10. The maximum atomic E-state index is 12.8. The van der Waals surface area contributed by atoms with Gasteiger partial charge in [-0.25, -0.2) is 4.39 Å². The minimum Gasteiger partial charge on any atom is -0.329 e. The molecule has 0 radical (unpaired) electrons. The number of benzene rings is 2. The van der Waals surface area contributed by atoms with E-state index in [4.69, 9.17) is 0 Å². The van der Waals surface area contributed by atoms with E-state index >= 15 is 0 Å². The Hall–Kier alpha value is -2.69. The van der Waals surface area contributed by atoms with Crippen molar-refractivity contribution in [2.24, 2.45) is 0 Å². The zero-order chi connectivity index (χ0) is 16.8. The second-order valence-corrected chi connectivity index (χ2v) is 5.42. The number of carbonyl (C=O) groups excluding carboxylic acids is 2. The van der Waals surface area contributed by atoms with Crippen LogP contribution in [-0.2, 0) is 16.1 Å². The topological polar surface area (TPSA) is 49.4 Å². The molecule has 5 heteroatoms. The van der Waals surface area contributed by atoms with Gasteiger partial charge in [-0.2, -0.15) is 0 Å². The van der Waals surface area contributed by atoms with E-state index in [2.05, 4.69) is 5.32 Å². The fourth-order valence-electron chi connectivity index (χ4n) is 2.10. The zero-order valence-electron chi connectivity index (χ0n) is 13.2. The van der Waals surface area contributed by atoms with Gasteiger partial charge >= 0.3 is 0 Å². The molecule has 2 amide bonds. The third kappa shape index (κ3) is 5.21. The van der Waals surface area contributed by atoms with E-state index < -0.39 is 0 Å². The van der Waals surface area contributed by atoms with Crippen molar-refractivity contribution in [2.75, 3.05) is 11.9 Å². The Bertz CT molecular complexity index is 681. The van der Waals surface area contributed by atoms with Crippen LogP contribution in [0.3, 0.4) is 0 Å². The third-order valence-electron chi connectivity index (χ3n) is 3.40. The number of nitrogens with one attached hydrogen (secondary N) is 1.